The second-order valence-electron chi connectivity index (χ2n) is 6.30. The normalized spacial score (nSPS) is 14.4. The van der Waals surface area contributed by atoms with E-state index in [1.165, 1.54) is 20.0 Å². The molecule has 1 fully saturated rings. The smallest absolute Gasteiger partial charge is 0.339 e. The van der Waals surface area contributed by atoms with Gasteiger partial charge in [-0.3, -0.25) is 4.79 Å². The summed E-state index contributed by atoms with van der Waals surface area (Å²) in [5.74, 6) is -0.428. The minimum atomic E-state index is -0.408. The summed E-state index contributed by atoms with van der Waals surface area (Å²) in [7, 11) is 1.35. The summed E-state index contributed by atoms with van der Waals surface area (Å²) in [6, 6.07) is 10.6. The zero-order valence-corrected chi connectivity index (χ0v) is 14.9. The largest absolute Gasteiger partial charge is 0.465 e. The average molecular weight is 353 g/mol. The zero-order valence-electron chi connectivity index (χ0n) is 14.9. The van der Waals surface area contributed by atoms with Crippen LogP contribution in [0.4, 0.5) is 11.4 Å². The highest BCUT2D eigenvalue weighted by molar-refractivity contribution is 5.96. The van der Waals surface area contributed by atoms with Gasteiger partial charge >= 0.3 is 5.97 Å². The molecule has 0 aliphatic carbocycles. The Morgan fingerprint density at radius 1 is 1.04 bits per heavy atom. The van der Waals surface area contributed by atoms with E-state index in [4.69, 9.17) is 4.74 Å². The molecule has 1 N–H and O–H groups in total. The summed E-state index contributed by atoms with van der Waals surface area (Å²) in [6.07, 6.45) is 6.07. The number of aromatic nitrogens is 1. The van der Waals surface area contributed by atoms with Crippen LogP contribution in [0.25, 0.3) is 0 Å². The van der Waals surface area contributed by atoms with Crippen molar-refractivity contribution < 1.29 is 14.3 Å². The number of rotatable bonds is 4. The molecule has 2 heterocycles. The molecule has 1 aliphatic heterocycles. The van der Waals surface area contributed by atoms with E-state index < -0.39 is 5.97 Å². The second kappa shape index (κ2) is 8.47. The van der Waals surface area contributed by atoms with E-state index in [1.54, 1.807) is 36.5 Å². The van der Waals surface area contributed by atoms with Crippen molar-refractivity contribution in [2.75, 3.05) is 25.5 Å². The predicted octanol–water partition coefficient (Wildman–Crippen LogP) is 3.63. The van der Waals surface area contributed by atoms with Crippen LogP contribution in [-0.4, -0.2) is 42.0 Å². The van der Waals surface area contributed by atoms with Crippen molar-refractivity contribution in [2.45, 2.75) is 25.7 Å². The fourth-order valence-electron chi connectivity index (χ4n) is 3.07. The Morgan fingerprint density at radius 2 is 1.77 bits per heavy atom. The first-order valence-corrected chi connectivity index (χ1v) is 8.89. The third kappa shape index (κ3) is 4.20. The maximum absolute atomic E-state index is 12.6. The zero-order chi connectivity index (χ0) is 18.4. The van der Waals surface area contributed by atoms with Crippen molar-refractivity contribution in [3.63, 3.8) is 0 Å². The van der Waals surface area contributed by atoms with E-state index in [9.17, 15) is 9.59 Å². The van der Waals surface area contributed by atoms with Gasteiger partial charge in [0.15, 0.2) is 0 Å². The number of hydrogen-bond donors (Lipinski definition) is 1. The Balaban J connectivity index is 1.72. The maximum Gasteiger partial charge on any atom is 0.339 e. The fourth-order valence-corrected chi connectivity index (χ4v) is 3.07. The quantitative estimate of drug-likeness (QED) is 0.850. The Labute approximate surface area is 153 Å². The molecule has 2 aromatic rings. The van der Waals surface area contributed by atoms with E-state index in [0.717, 1.165) is 25.9 Å². The number of methoxy groups -OCH3 is 1. The molecule has 0 radical (unpaired) electrons. The lowest BCUT2D eigenvalue weighted by molar-refractivity contribution is 0.0601. The minimum Gasteiger partial charge on any atom is -0.465 e. The fraction of sp³-hybridized carbons (Fsp3) is 0.350. The lowest BCUT2D eigenvalue weighted by Crippen LogP contribution is -2.32. The molecule has 6 nitrogen and oxygen atoms in total. The van der Waals surface area contributed by atoms with Crippen molar-refractivity contribution in [3.05, 3.63) is 53.9 Å². The number of nitrogens with zero attached hydrogens (tertiary/aromatic N) is 2. The first-order valence-electron chi connectivity index (χ1n) is 8.89. The minimum absolute atomic E-state index is 0.0200. The van der Waals surface area contributed by atoms with Crippen molar-refractivity contribution in [1.82, 2.24) is 9.88 Å². The van der Waals surface area contributed by atoms with E-state index >= 15 is 0 Å². The molecule has 3 rings (SSSR count). The summed E-state index contributed by atoms with van der Waals surface area (Å²) in [5, 5.41) is 3.16. The number of pyridine rings is 1. The van der Waals surface area contributed by atoms with E-state index in [2.05, 4.69) is 10.3 Å². The molecule has 0 saturated carbocycles. The summed E-state index contributed by atoms with van der Waals surface area (Å²) in [5.41, 5.74) is 2.22. The highest BCUT2D eigenvalue weighted by Crippen LogP contribution is 2.21. The highest BCUT2D eigenvalue weighted by Gasteiger charge is 2.18. The molecule has 1 aromatic carbocycles. The highest BCUT2D eigenvalue weighted by atomic mass is 16.5. The van der Waals surface area contributed by atoms with Crippen LogP contribution in [0, 0.1) is 0 Å². The van der Waals surface area contributed by atoms with Crippen molar-refractivity contribution in [3.8, 4) is 0 Å². The monoisotopic (exact) mass is 353 g/mol. The molecule has 6 heteroatoms. The van der Waals surface area contributed by atoms with Gasteiger partial charge in [0.1, 0.15) is 5.69 Å². The van der Waals surface area contributed by atoms with Gasteiger partial charge in [-0.05, 0) is 37.1 Å². The summed E-state index contributed by atoms with van der Waals surface area (Å²) < 4.78 is 4.80. The summed E-state index contributed by atoms with van der Waals surface area (Å²) in [4.78, 5) is 30.6. The number of hydrogen-bond acceptors (Lipinski definition) is 5. The lowest BCUT2D eigenvalue weighted by Gasteiger charge is -2.19. The van der Waals surface area contributed by atoms with Crippen LogP contribution in [0.5, 0.6) is 0 Å². The van der Waals surface area contributed by atoms with Gasteiger partial charge in [0.2, 0.25) is 0 Å². The van der Waals surface area contributed by atoms with Crippen molar-refractivity contribution in [2.24, 2.45) is 0 Å². The Morgan fingerprint density at radius 3 is 2.42 bits per heavy atom. The number of carbonyl (C=O) groups excluding carboxylic acids is 2. The number of benzene rings is 1. The van der Waals surface area contributed by atoms with E-state index in [0.29, 0.717) is 22.6 Å². The van der Waals surface area contributed by atoms with Crippen LogP contribution in [0.2, 0.25) is 0 Å². The third-order valence-electron chi connectivity index (χ3n) is 4.49. The van der Waals surface area contributed by atoms with Crippen LogP contribution in [0.3, 0.4) is 0 Å². The molecule has 0 unspecified atom stereocenters. The maximum atomic E-state index is 12.6. The van der Waals surface area contributed by atoms with Gasteiger partial charge in [-0.1, -0.05) is 25.0 Å². The number of esters is 1. The van der Waals surface area contributed by atoms with Gasteiger partial charge in [0.05, 0.1) is 30.2 Å². The van der Waals surface area contributed by atoms with Crippen LogP contribution in [0.15, 0.2) is 42.6 Å². The second-order valence-corrected chi connectivity index (χ2v) is 6.30. The van der Waals surface area contributed by atoms with Gasteiger partial charge < -0.3 is 15.0 Å². The molecule has 0 spiro atoms. The SMILES string of the molecule is COC(=O)c1ccccc1Nc1ccc(C(=O)N2CCCCCC2)nc1. The summed E-state index contributed by atoms with van der Waals surface area (Å²) in [6.45, 7) is 1.60. The van der Waals surface area contributed by atoms with Gasteiger partial charge in [0.25, 0.3) is 5.91 Å². The van der Waals surface area contributed by atoms with Crippen molar-refractivity contribution >= 4 is 23.3 Å². The standard InChI is InChI=1S/C20H23N3O3/c1-26-20(25)16-8-4-5-9-17(16)22-15-10-11-18(21-14-15)19(24)23-12-6-2-3-7-13-23/h4-5,8-11,14,22H,2-3,6-7,12-13H2,1H3. The Kier molecular flexibility index (Phi) is 5.84. The van der Waals surface area contributed by atoms with Crippen LogP contribution in [0.1, 0.15) is 46.5 Å². The lowest BCUT2D eigenvalue weighted by atomic mass is 10.1. The molecule has 1 aliphatic rings. The Bertz CT molecular complexity index is 766. The number of nitrogens with one attached hydrogen (secondary N) is 1. The van der Waals surface area contributed by atoms with Gasteiger partial charge in [-0.15, -0.1) is 0 Å². The molecule has 136 valence electrons. The number of anilines is 2. The number of carbonyl (C=O) groups is 2. The van der Waals surface area contributed by atoms with Gasteiger partial charge in [0, 0.05) is 13.1 Å². The van der Waals surface area contributed by atoms with Crippen molar-refractivity contribution in [1.29, 1.82) is 0 Å². The molecule has 26 heavy (non-hydrogen) atoms. The molecular weight excluding hydrogens is 330 g/mol. The van der Waals surface area contributed by atoms with Gasteiger partial charge in [-0.2, -0.15) is 0 Å². The first-order chi connectivity index (χ1) is 12.7. The first kappa shape index (κ1) is 17.9. The number of likely N-dealkylation sites (tertiary alicyclic amines) is 1. The van der Waals surface area contributed by atoms with Crippen LogP contribution < -0.4 is 5.32 Å². The van der Waals surface area contributed by atoms with Gasteiger partial charge in [-0.25, -0.2) is 9.78 Å². The molecule has 1 amide bonds. The number of para-hydroxylation sites is 1. The van der Waals surface area contributed by atoms with E-state index in [1.807, 2.05) is 11.0 Å². The molecule has 1 saturated heterocycles. The summed E-state index contributed by atoms with van der Waals surface area (Å²) >= 11 is 0. The molecular formula is C20H23N3O3. The molecule has 0 bridgehead atoms. The topological polar surface area (TPSA) is 71.5 Å². The third-order valence-corrected chi connectivity index (χ3v) is 4.49. The molecule has 0 atom stereocenters. The van der Waals surface area contributed by atoms with Crippen LogP contribution in [-0.2, 0) is 4.74 Å². The number of amides is 1. The predicted molar refractivity (Wildman–Crippen MR) is 99.7 cm³/mol. The number of ether oxygens (including phenoxy) is 1. The van der Waals surface area contributed by atoms with E-state index in [-0.39, 0.29) is 5.91 Å². The Hall–Kier alpha value is -2.89. The average Bonchev–Trinajstić information content (AvgIpc) is 2.97. The molecule has 1 aromatic heterocycles. The van der Waals surface area contributed by atoms with Crippen LogP contribution >= 0.6 is 0 Å².